The number of nitrogen functional groups attached to an aromatic ring is 1. The molecule has 19 heavy (non-hydrogen) atoms. The highest BCUT2D eigenvalue weighted by Crippen LogP contribution is 2.16. The van der Waals surface area contributed by atoms with E-state index in [1.165, 1.54) is 0 Å². The summed E-state index contributed by atoms with van der Waals surface area (Å²) in [5.41, 5.74) is 8.58. The van der Waals surface area contributed by atoms with E-state index in [4.69, 9.17) is 15.2 Å². The number of hydrogen-bond acceptors (Lipinski definition) is 4. The van der Waals surface area contributed by atoms with Crippen LogP contribution in [-0.2, 0) is 16.0 Å². The molecule has 2 aromatic rings. The second-order valence-corrected chi connectivity index (χ2v) is 4.50. The fourth-order valence-corrected chi connectivity index (χ4v) is 1.99. The van der Waals surface area contributed by atoms with Gasteiger partial charge in [0.2, 0.25) is 0 Å². The minimum atomic E-state index is 0.660. The first kappa shape index (κ1) is 13.8. The normalized spacial score (nSPS) is 11.2. The van der Waals surface area contributed by atoms with Gasteiger partial charge in [0.25, 0.3) is 0 Å². The molecule has 2 N–H and O–H groups in total. The third-order valence-electron chi connectivity index (χ3n) is 3.01. The van der Waals surface area contributed by atoms with E-state index in [9.17, 15) is 0 Å². The highest BCUT2D eigenvalue weighted by molar-refractivity contribution is 5.78. The first-order valence-corrected chi connectivity index (χ1v) is 6.58. The van der Waals surface area contributed by atoms with Gasteiger partial charge in [-0.15, -0.1) is 0 Å². The van der Waals surface area contributed by atoms with E-state index in [1.807, 2.05) is 24.5 Å². The second kappa shape index (κ2) is 7.11. The smallest absolute Gasteiger partial charge is 0.0958 e. The maximum atomic E-state index is 5.74. The molecule has 104 valence electrons. The lowest BCUT2D eigenvalue weighted by atomic mass is 10.2. The number of nitrogens with two attached hydrogens (primary N) is 1. The van der Waals surface area contributed by atoms with Crippen molar-refractivity contribution >= 4 is 16.7 Å². The van der Waals surface area contributed by atoms with Gasteiger partial charge in [-0.2, -0.15) is 0 Å². The summed E-state index contributed by atoms with van der Waals surface area (Å²) in [5, 5.41) is 0. The minimum Gasteiger partial charge on any atom is -0.399 e. The monoisotopic (exact) mass is 263 g/mol. The largest absolute Gasteiger partial charge is 0.399 e. The van der Waals surface area contributed by atoms with E-state index in [-0.39, 0.29) is 0 Å². The zero-order valence-electron chi connectivity index (χ0n) is 11.3. The van der Waals surface area contributed by atoms with E-state index >= 15 is 0 Å². The van der Waals surface area contributed by atoms with Crippen molar-refractivity contribution in [2.45, 2.75) is 19.4 Å². The Morgan fingerprint density at radius 1 is 1.21 bits per heavy atom. The van der Waals surface area contributed by atoms with Crippen molar-refractivity contribution in [3.05, 3.63) is 24.5 Å². The van der Waals surface area contributed by atoms with Gasteiger partial charge in [-0.3, -0.25) is 0 Å². The van der Waals surface area contributed by atoms with Crippen molar-refractivity contribution in [2.24, 2.45) is 0 Å². The first-order valence-electron chi connectivity index (χ1n) is 6.58. The summed E-state index contributed by atoms with van der Waals surface area (Å²) in [5.74, 6) is 0. The summed E-state index contributed by atoms with van der Waals surface area (Å²) in [6.07, 6.45) is 3.98. The number of nitrogens with zero attached hydrogens (tertiary/aromatic N) is 2. The molecule has 5 nitrogen and oxygen atoms in total. The van der Waals surface area contributed by atoms with Crippen molar-refractivity contribution < 1.29 is 9.47 Å². The number of rotatable bonds is 8. The average molecular weight is 263 g/mol. The molecule has 1 aromatic heterocycles. The van der Waals surface area contributed by atoms with Crippen molar-refractivity contribution in [1.82, 2.24) is 9.55 Å². The number of aryl methyl sites for hydroxylation is 1. The molecule has 0 aliphatic heterocycles. The minimum absolute atomic E-state index is 0.660. The van der Waals surface area contributed by atoms with Crippen LogP contribution in [0, 0.1) is 0 Å². The predicted molar refractivity (Wildman–Crippen MR) is 76.1 cm³/mol. The van der Waals surface area contributed by atoms with Crippen molar-refractivity contribution in [2.75, 3.05) is 32.7 Å². The molecule has 0 saturated carbocycles. The Hall–Kier alpha value is -1.59. The van der Waals surface area contributed by atoms with E-state index in [0.717, 1.165) is 42.7 Å². The van der Waals surface area contributed by atoms with Crippen LogP contribution >= 0.6 is 0 Å². The number of unbranched alkanes of at least 4 members (excludes halogenated alkanes) is 1. The highest BCUT2D eigenvalue weighted by atomic mass is 16.5. The number of hydrogen-bond donors (Lipinski definition) is 1. The molecule has 0 amide bonds. The van der Waals surface area contributed by atoms with Gasteiger partial charge in [0.05, 0.1) is 30.6 Å². The topological polar surface area (TPSA) is 62.3 Å². The summed E-state index contributed by atoms with van der Waals surface area (Å²) in [4.78, 5) is 4.35. The standard InChI is InChI=1S/C14H21N3O2/c1-18-8-9-19-7-3-2-6-17-11-16-13-10-12(15)4-5-14(13)17/h4-5,10-11H,2-3,6-9,15H2,1H3. The Labute approximate surface area is 113 Å². The average Bonchev–Trinajstić information content (AvgIpc) is 2.80. The lowest BCUT2D eigenvalue weighted by Gasteiger charge is -2.05. The fraction of sp³-hybridized carbons (Fsp3) is 0.500. The summed E-state index contributed by atoms with van der Waals surface area (Å²) >= 11 is 0. The second-order valence-electron chi connectivity index (χ2n) is 4.50. The van der Waals surface area contributed by atoms with E-state index in [1.54, 1.807) is 7.11 Å². The van der Waals surface area contributed by atoms with Gasteiger partial charge >= 0.3 is 0 Å². The quantitative estimate of drug-likeness (QED) is 0.585. The molecule has 2 rings (SSSR count). The van der Waals surface area contributed by atoms with Crippen molar-refractivity contribution in [3.63, 3.8) is 0 Å². The molecule has 0 bridgehead atoms. The molecule has 0 radical (unpaired) electrons. The van der Waals surface area contributed by atoms with Gasteiger partial charge in [-0.1, -0.05) is 0 Å². The van der Waals surface area contributed by atoms with Crippen LogP contribution < -0.4 is 5.73 Å². The lowest BCUT2D eigenvalue weighted by molar-refractivity contribution is 0.0684. The Morgan fingerprint density at radius 2 is 2.11 bits per heavy atom. The number of aromatic nitrogens is 2. The maximum Gasteiger partial charge on any atom is 0.0958 e. The molecule has 0 unspecified atom stereocenters. The number of benzene rings is 1. The zero-order chi connectivity index (χ0) is 13.5. The Kier molecular flexibility index (Phi) is 5.18. The lowest BCUT2D eigenvalue weighted by Crippen LogP contribution is -2.04. The molecule has 5 heteroatoms. The Bertz CT molecular complexity index is 510. The molecule has 0 fully saturated rings. The third-order valence-corrected chi connectivity index (χ3v) is 3.01. The molecular weight excluding hydrogens is 242 g/mol. The predicted octanol–water partition coefficient (Wildman–Crippen LogP) is 2.06. The molecule has 0 saturated heterocycles. The van der Waals surface area contributed by atoms with Crippen LogP contribution in [0.15, 0.2) is 24.5 Å². The van der Waals surface area contributed by atoms with Gasteiger partial charge in [0, 0.05) is 25.9 Å². The SMILES string of the molecule is COCCOCCCCn1cnc2cc(N)ccc21. The molecule has 0 spiro atoms. The van der Waals surface area contributed by atoms with Crippen LogP contribution in [-0.4, -0.2) is 36.5 Å². The van der Waals surface area contributed by atoms with Gasteiger partial charge in [0.1, 0.15) is 0 Å². The van der Waals surface area contributed by atoms with E-state index in [2.05, 4.69) is 9.55 Å². The molecule has 0 atom stereocenters. The van der Waals surface area contributed by atoms with Crippen molar-refractivity contribution in [1.29, 1.82) is 0 Å². The number of anilines is 1. The first-order chi connectivity index (χ1) is 9.31. The highest BCUT2D eigenvalue weighted by Gasteiger charge is 2.02. The number of ether oxygens (including phenoxy) is 2. The van der Waals surface area contributed by atoms with Crippen LogP contribution in [0.1, 0.15) is 12.8 Å². The van der Waals surface area contributed by atoms with Crippen molar-refractivity contribution in [3.8, 4) is 0 Å². The van der Waals surface area contributed by atoms with E-state index < -0.39 is 0 Å². The van der Waals surface area contributed by atoms with Gasteiger partial charge in [-0.05, 0) is 31.0 Å². The van der Waals surface area contributed by atoms with E-state index in [0.29, 0.717) is 13.2 Å². The molecule has 1 heterocycles. The van der Waals surface area contributed by atoms with Crippen LogP contribution in [0.4, 0.5) is 5.69 Å². The number of imidazole rings is 1. The van der Waals surface area contributed by atoms with Gasteiger partial charge in [-0.25, -0.2) is 4.98 Å². The van der Waals surface area contributed by atoms with Crippen LogP contribution in [0.3, 0.4) is 0 Å². The summed E-state index contributed by atoms with van der Waals surface area (Å²) < 4.78 is 12.5. The molecular formula is C14H21N3O2. The Balaban J connectivity index is 1.76. The molecule has 0 aliphatic rings. The molecule has 1 aromatic carbocycles. The summed E-state index contributed by atoms with van der Waals surface area (Å²) in [6.45, 7) is 3.06. The zero-order valence-corrected chi connectivity index (χ0v) is 11.3. The number of fused-ring (bicyclic) bond motifs is 1. The summed E-state index contributed by atoms with van der Waals surface area (Å²) in [7, 11) is 1.68. The van der Waals surface area contributed by atoms with Gasteiger partial charge in [0.15, 0.2) is 0 Å². The number of methoxy groups -OCH3 is 1. The summed E-state index contributed by atoms with van der Waals surface area (Å²) in [6, 6.07) is 5.83. The molecule has 0 aliphatic carbocycles. The Morgan fingerprint density at radius 3 is 2.95 bits per heavy atom. The van der Waals surface area contributed by atoms with Crippen LogP contribution in [0.5, 0.6) is 0 Å². The van der Waals surface area contributed by atoms with Crippen LogP contribution in [0.2, 0.25) is 0 Å². The third kappa shape index (κ3) is 3.94. The van der Waals surface area contributed by atoms with Crippen LogP contribution in [0.25, 0.3) is 11.0 Å². The fourth-order valence-electron chi connectivity index (χ4n) is 1.99. The maximum absolute atomic E-state index is 5.74. The van der Waals surface area contributed by atoms with Gasteiger partial charge < -0.3 is 19.8 Å².